The van der Waals surface area contributed by atoms with Crippen molar-refractivity contribution in [1.82, 2.24) is 9.69 Å². The molecule has 0 fully saturated rings. The summed E-state index contributed by atoms with van der Waals surface area (Å²) in [6.45, 7) is 11.3. The molecular formula is C14H23N3O3S. The Hall–Kier alpha value is -1.63. The first-order valence-corrected chi connectivity index (χ1v) is 7.65. The number of amides is 1. The highest BCUT2D eigenvalue weighted by Gasteiger charge is 2.24. The number of hydrogen-bond acceptors (Lipinski definition) is 6. The number of esters is 1. The zero-order valence-corrected chi connectivity index (χ0v) is 14.2. The molecule has 0 spiro atoms. The van der Waals surface area contributed by atoms with Crippen LogP contribution in [0.25, 0.3) is 0 Å². The number of aromatic nitrogens is 1. The maximum Gasteiger partial charge on any atom is 0.343 e. The van der Waals surface area contributed by atoms with E-state index in [0.717, 1.165) is 11.5 Å². The van der Waals surface area contributed by atoms with Gasteiger partial charge in [-0.2, -0.15) is 4.37 Å². The van der Waals surface area contributed by atoms with Gasteiger partial charge in [-0.15, -0.1) is 0 Å². The maximum absolute atomic E-state index is 12.1. The van der Waals surface area contributed by atoms with Crippen LogP contribution in [-0.2, 0) is 9.53 Å². The van der Waals surface area contributed by atoms with Crippen LogP contribution in [0.3, 0.4) is 0 Å². The SMILES string of the molecule is CCOC(=O)c1c(C)nsc1NC(C)C(=O)NC(C)(C)C. The number of hydrogen-bond donors (Lipinski definition) is 2. The van der Waals surface area contributed by atoms with Crippen LogP contribution >= 0.6 is 11.5 Å². The van der Waals surface area contributed by atoms with Crippen LogP contribution < -0.4 is 10.6 Å². The predicted molar refractivity (Wildman–Crippen MR) is 83.8 cm³/mol. The number of ether oxygens (including phenoxy) is 1. The molecule has 1 rings (SSSR count). The van der Waals surface area contributed by atoms with E-state index in [4.69, 9.17) is 4.74 Å². The number of nitrogens with zero attached hydrogens (tertiary/aromatic N) is 1. The molecule has 0 aliphatic rings. The summed E-state index contributed by atoms with van der Waals surface area (Å²) in [7, 11) is 0. The van der Waals surface area contributed by atoms with Gasteiger partial charge in [0.2, 0.25) is 5.91 Å². The second-order valence-corrected chi connectivity index (χ2v) is 6.57. The standard InChI is InChI=1S/C14H23N3O3S/c1-7-20-13(19)10-8(2)17-21-12(10)15-9(3)11(18)16-14(4,5)6/h9,15H,7H2,1-6H3,(H,16,18). The molecule has 1 heterocycles. The van der Waals surface area contributed by atoms with Crippen LogP contribution in [0, 0.1) is 6.92 Å². The molecular weight excluding hydrogens is 290 g/mol. The Balaban J connectivity index is 2.84. The number of carbonyl (C=O) groups excluding carboxylic acids is 2. The number of anilines is 1. The fourth-order valence-corrected chi connectivity index (χ4v) is 2.52. The van der Waals surface area contributed by atoms with E-state index in [-0.39, 0.29) is 11.4 Å². The predicted octanol–water partition coefficient (Wildman–Crippen LogP) is 2.34. The van der Waals surface area contributed by atoms with Gasteiger partial charge in [0.1, 0.15) is 16.6 Å². The second-order valence-electron chi connectivity index (χ2n) is 5.80. The molecule has 1 atom stereocenters. The topological polar surface area (TPSA) is 80.3 Å². The van der Waals surface area contributed by atoms with E-state index in [2.05, 4.69) is 15.0 Å². The van der Waals surface area contributed by atoms with Crippen LogP contribution in [0.1, 0.15) is 50.7 Å². The van der Waals surface area contributed by atoms with Crippen molar-refractivity contribution in [2.75, 3.05) is 11.9 Å². The molecule has 0 saturated heterocycles. The van der Waals surface area contributed by atoms with Gasteiger partial charge in [-0.05, 0) is 53.1 Å². The largest absolute Gasteiger partial charge is 0.462 e. The van der Waals surface area contributed by atoms with Crippen molar-refractivity contribution in [2.45, 2.75) is 53.1 Å². The van der Waals surface area contributed by atoms with E-state index in [9.17, 15) is 9.59 Å². The van der Waals surface area contributed by atoms with Gasteiger partial charge >= 0.3 is 5.97 Å². The molecule has 2 N–H and O–H groups in total. The average molecular weight is 313 g/mol. The third-order valence-corrected chi connectivity index (χ3v) is 3.45. The summed E-state index contributed by atoms with van der Waals surface area (Å²) in [5.41, 5.74) is 0.697. The van der Waals surface area contributed by atoms with Crippen LogP contribution in [0.2, 0.25) is 0 Å². The van der Waals surface area contributed by atoms with Gasteiger partial charge in [-0.3, -0.25) is 4.79 Å². The van der Waals surface area contributed by atoms with Crippen molar-refractivity contribution in [3.05, 3.63) is 11.3 Å². The van der Waals surface area contributed by atoms with Crippen LogP contribution in [0.4, 0.5) is 5.00 Å². The van der Waals surface area contributed by atoms with Gasteiger partial charge in [0, 0.05) is 5.54 Å². The molecule has 0 bridgehead atoms. The Morgan fingerprint density at radius 1 is 1.38 bits per heavy atom. The molecule has 21 heavy (non-hydrogen) atoms. The minimum Gasteiger partial charge on any atom is -0.462 e. The van der Waals surface area contributed by atoms with E-state index < -0.39 is 12.0 Å². The molecule has 118 valence electrons. The van der Waals surface area contributed by atoms with E-state index >= 15 is 0 Å². The highest BCUT2D eigenvalue weighted by molar-refractivity contribution is 7.10. The lowest BCUT2D eigenvalue weighted by molar-refractivity contribution is -0.122. The lowest BCUT2D eigenvalue weighted by Crippen LogP contribution is -2.47. The summed E-state index contributed by atoms with van der Waals surface area (Å²) in [6.07, 6.45) is 0. The summed E-state index contributed by atoms with van der Waals surface area (Å²) >= 11 is 1.15. The fraction of sp³-hybridized carbons (Fsp3) is 0.643. The van der Waals surface area contributed by atoms with Gasteiger partial charge < -0.3 is 15.4 Å². The van der Waals surface area contributed by atoms with E-state index in [1.165, 1.54) is 0 Å². The van der Waals surface area contributed by atoms with Crippen molar-refractivity contribution in [3.8, 4) is 0 Å². The number of carbonyl (C=O) groups is 2. The van der Waals surface area contributed by atoms with Crippen LogP contribution in [0.15, 0.2) is 0 Å². The van der Waals surface area contributed by atoms with Crippen molar-refractivity contribution in [3.63, 3.8) is 0 Å². The Morgan fingerprint density at radius 2 is 2.00 bits per heavy atom. The molecule has 1 aromatic heterocycles. The van der Waals surface area contributed by atoms with Gasteiger partial charge in [0.25, 0.3) is 0 Å². The summed E-state index contributed by atoms with van der Waals surface area (Å²) < 4.78 is 9.17. The maximum atomic E-state index is 12.1. The summed E-state index contributed by atoms with van der Waals surface area (Å²) in [5.74, 6) is -0.557. The number of rotatable bonds is 5. The molecule has 0 radical (unpaired) electrons. The lowest BCUT2D eigenvalue weighted by Gasteiger charge is -2.23. The summed E-state index contributed by atoms with van der Waals surface area (Å²) in [5, 5.41) is 6.48. The van der Waals surface area contributed by atoms with Gasteiger partial charge in [-0.25, -0.2) is 4.79 Å². The van der Waals surface area contributed by atoms with E-state index in [0.29, 0.717) is 22.9 Å². The van der Waals surface area contributed by atoms with Crippen molar-refractivity contribution in [2.24, 2.45) is 0 Å². The van der Waals surface area contributed by atoms with E-state index in [1.807, 2.05) is 20.8 Å². The lowest BCUT2D eigenvalue weighted by atomic mass is 10.1. The molecule has 0 aliphatic carbocycles. The monoisotopic (exact) mass is 313 g/mol. The zero-order chi connectivity index (χ0) is 16.2. The molecule has 0 saturated carbocycles. The molecule has 0 aliphatic heterocycles. The summed E-state index contributed by atoms with van der Waals surface area (Å²) in [6, 6.07) is -0.475. The van der Waals surface area contributed by atoms with E-state index in [1.54, 1.807) is 20.8 Å². The average Bonchev–Trinajstić information content (AvgIpc) is 2.68. The minimum atomic E-state index is -0.475. The van der Waals surface area contributed by atoms with Gasteiger partial charge in [0.15, 0.2) is 0 Å². The molecule has 6 nitrogen and oxygen atoms in total. The zero-order valence-electron chi connectivity index (χ0n) is 13.4. The first kappa shape index (κ1) is 17.4. The third-order valence-electron chi connectivity index (χ3n) is 2.58. The minimum absolute atomic E-state index is 0.136. The Labute approximate surface area is 129 Å². The number of aryl methyl sites for hydroxylation is 1. The first-order valence-electron chi connectivity index (χ1n) is 6.87. The Bertz CT molecular complexity index is 520. The van der Waals surface area contributed by atoms with Crippen molar-refractivity contribution < 1.29 is 14.3 Å². The number of nitrogens with one attached hydrogen (secondary N) is 2. The van der Waals surface area contributed by atoms with Crippen molar-refractivity contribution >= 4 is 28.4 Å². The van der Waals surface area contributed by atoms with Gasteiger partial charge in [0.05, 0.1) is 12.3 Å². The highest BCUT2D eigenvalue weighted by atomic mass is 32.1. The first-order chi connectivity index (χ1) is 9.65. The van der Waals surface area contributed by atoms with Crippen molar-refractivity contribution in [1.29, 1.82) is 0 Å². The smallest absolute Gasteiger partial charge is 0.343 e. The van der Waals surface area contributed by atoms with Gasteiger partial charge in [-0.1, -0.05) is 0 Å². The third kappa shape index (κ3) is 5.00. The fourth-order valence-electron chi connectivity index (χ4n) is 1.65. The molecule has 1 amide bonds. The second kappa shape index (κ2) is 6.89. The van der Waals surface area contributed by atoms with Crippen LogP contribution in [-0.4, -0.2) is 34.4 Å². The Kier molecular flexibility index (Phi) is 5.71. The Morgan fingerprint density at radius 3 is 2.52 bits per heavy atom. The summed E-state index contributed by atoms with van der Waals surface area (Å²) in [4.78, 5) is 24.0. The quantitative estimate of drug-likeness (QED) is 0.816. The molecule has 0 aromatic carbocycles. The normalized spacial score (nSPS) is 12.7. The highest BCUT2D eigenvalue weighted by Crippen LogP contribution is 2.26. The molecule has 1 unspecified atom stereocenters. The van der Waals surface area contributed by atoms with Crippen LogP contribution in [0.5, 0.6) is 0 Å². The molecule has 1 aromatic rings. The molecule has 7 heteroatoms.